The number of para-hydroxylation sites is 3. The van der Waals surface area contributed by atoms with E-state index >= 15 is 0 Å². The average molecular weight is 503 g/mol. The number of rotatable bonds is 7. The SMILES string of the molecule is C1=CCC=CC(c2ccc(N(c3ccccc3)c3ccc(N(c4ccccc4)c4ccccc4)cc3)cc2)=C1. The van der Waals surface area contributed by atoms with Gasteiger partial charge in [-0.05, 0) is 90.4 Å². The molecule has 0 aromatic heterocycles. The maximum Gasteiger partial charge on any atom is 0.0463 e. The Balaban J connectivity index is 1.37. The molecule has 0 bridgehead atoms. The number of hydrogen-bond acceptors (Lipinski definition) is 2. The zero-order valence-electron chi connectivity index (χ0n) is 21.8. The Morgan fingerprint density at radius 1 is 0.385 bits per heavy atom. The monoisotopic (exact) mass is 502 g/mol. The first-order chi connectivity index (χ1) is 19.4. The highest BCUT2D eigenvalue weighted by atomic mass is 15.2. The summed E-state index contributed by atoms with van der Waals surface area (Å²) in [7, 11) is 0. The summed E-state index contributed by atoms with van der Waals surface area (Å²) >= 11 is 0. The van der Waals surface area contributed by atoms with Crippen LogP contribution < -0.4 is 9.80 Å². The number of nitrogens with zero attached hydrogens (tertiary/aromatic N) is 2. The molecule has 0 saturated heterocycles. The second-order valence-electron chi connectivity index (χ2n) is 9.43. The summed E-state index contributed by atoms with van der Waals surface area (Å²) in [5.74, 6) is 0. The summed E-state index contributed by atoms with van der Waals surface area (Å²) in [4.78, 5) is 4.59. The van der Waals surface area contributed by atoms with E-state index in [9.17, 15) is 0 Å². The molecule has 0 N–H and O–H groups in total. The van der Waals surface area contributed by atoms with Crippen molar-refractivity contribution in [1.29, 1.82) is 0 Å². The Bertz CT molecular complexity index is 1540. The van der Waals surface area contributed by atoms with E-state index in [-0.39, 0.29) is 0 Å². The van der Waals surface area contributed by atoms with Gasteiger partial charge in [-0.1, -0.05) is 97.1 Å². The van der Waals surface area contributed by atoms with Crippen molar-refractivity contribution in [1.82, 2.24) is 0 Å². The van der Waals surface area contributed by atoms with Gasteiger partial charge in [0, 0.05) is 34.1 Å². The Hall–Kier alpha value is -5.08. The third kappa shape index (κ3) is 5.46. The van der Waals surface area contributed by atoms with Gasteiger partial charge < -0.3 is 9.80 Å². The largest absolute Gasteiger partial charge is 0.311 e. The van der Waals surface area contributed by atoms with Crippen molar-refractivity contribution in [3.8, 4) is 0 Å². The normalized spacial score (nSPS) is 12.5. The van der Waals surface area contributed by atoms with Crippen molar-refractivity contribution in [2.75, 3.05) is 9.80 Å². The van der Waals surface area contributed by atoms with Crippen LogP contribution in [0.3, 0.4) is 0 Å². The van der Waals surface area contributed by atoms with Crippen molar-refractivity contribution < 1.29 is 0 Å². The van der Waals surface area contributed by atoms with Crippen LogP contribution in [0.5, 0.6) is 0 Å². The van der Waals surface area contributed by atoms with Crippen LogP contribution in [-0.4, -0.2) is 0 Å². The van der Waals surface area contributed by atoms with E-state index in [4.69, 9.17) is 0 Å². The molecule has 0 aliphatic heterocycles. The van der Waals surface area contributed by atoms with Crippen LogP contribution in [0, 0.1) is 0 Å². The molecule has 0 amide bonds. The topological polar surface area (TPSA) is 6.48 Å². The van der Waals surface area contributed by atoms with Gasteiger partial charge in [-0.25, -0.2) is 0 Å². The summed E-state index contributed by atoms with van der Waals surface area (Å²) in [6.07, 6.45) is 11.9. The second-order valence-corrected chi connectivity index (χ2v) is 9.43. The summed E-state index contributed by atoms with van der Waals surface area (Å²) in [5, 5.41) is 0. The molecule has 0 fully saturated rings. The highest BCUT2D eigenvalue weighted by molar-refractivity contribution is 5.82. The first-order valence-corrected chi connectivity index (χ1v) is 13.4. The lowest BCUT2D eigenvalue weighted by atomic mass is 10.0. The second kappa shape index (κ2) is 11.5. The maximum absolute atomic E-state index is 2.31. The summed E-state index contributed by atoms with van der Waals surface area (Å²) in [6, 6.07) is 49.2. The molecule has 39 heavy (non-hydrogen) atoms. The van der Waals surface area contributed by atoms with Crippen molar-refractivity contribution in [2.45, 2.75) is 6.42 Å². The van der Waals surface area contributed by atoms with Gasteiger partial charge in [-0.3, -0.25) is 0 Å². The fourth-order valence-corrected chi connectivity index (χ4v) is 4.95. The van der Waals surface area contributed by atoms with Crippen LogP contribution in [-0.2, 0) is 0 Å². The Kier molecular flexibility index (Phi) is 7.18. The summed E-state index contributed by atoms with van der Waals surface area (Å²) in [6.45, 7) is 0. The molecule has 2 nitrogen and oxygen atoms in total. The van der Waals surface area contributed by atoms with E-state index < -0.39 is 0 Å². The minimum Gasteiger partial charge on any atom is -0.311 e. The van der Waals surface area contributed by atoms with Gasteiger partial charge >= 0.3 is 0 Å². The first kappa shape index (κ1) is 24.3. The van der Waals surface area contributed by atoms with E-state index in [0.717, 1.165) is 40.5 Å². The van der Waals surface area contributed by atoms with Crippen LogP contribution >= 0.6 is 0 Å². The molecule has 0 unspecified atom stereocenters. The van der Waals surface area contributed by atoms with Gasteiger partial charge in [-0.2, -0.15) is 0 Å². The number of hydrogen-bond donors (Lipinski definition) is 0. The molecule has 0 radical (unpaired) electrons. The molecule has 0 spiro atoms. The molecule has 1 aliphatic carbocycles. The van der Waals surface area contributed by atoms with Crippen LogP contribution in [0.2, 0.25) is 0 Å². The van der Waals surface area contributed by atoms with Crippen molar-refractivity contribution >= 4 is 39.7 Å². The fourth-order valence-electron chi connectivity index (χ4n) is 4.95. The molecule has 0 atom stereocenters. The van der Waals surface area contributed by atoms with E-state index in [1.807, 2.05) is 0 Å². The summed E-state index contributed by atoms with van der Waals surface area (Å²) in [5.41, 5.74) is 9.16. The highest BCUT2D eigenvalue weighted by Gasteiger charge is 2.15. The lowest BCUT2D eigenvalue weighted by Gasteiger charge is -2.28. The van der Waals surface area contributed by atoms with Gasteiger partial charge in [-0.15, -0.1) is 0 Å². The number of anilines is 6. The lowest BCUT2D eigenvalue weighted by molar-refractivity contribution is 1.25. The Labute approximate surface area is 231 Å². The molecule has 5 aromatic carbocycles. The van der Waals surface area contributed by atoms with Gasteiger partial charge in [0.2, 0.25) is 0 Å². The molecular formula is C37H30N2. The summed E-state index contributed by atoms with van der Waals surface area (Å²) < 4.78 is 0. The van der Waals surface area contributed by atoms with Gasteiger partial charge in [0.05, 0.1) is 0 Å². The molecule has 2 heteroatoms. The minimum absolute atomic E-state index is 0.974. The molecule has 0 heterocycles. The Morgan fingerprint density at radius 2 is 0.769 bits per heavy atom. The number of allylic oxidation sites excluding steroid dienone is 6. The molecular weight excluding hydrogens is 472 g/mol. The molecule has 1 aliphatic rings. The standard InChI is InChI=1S/C37H30N2/c1-2-7-15-30(14-6-1)31-22-24-35(25-23-31)39(34-20-12-5-13-21-34)37-28-26-36(27-29-37)38(32-16-8-3-9-17-32)33-18-10-4-11-19-33/h1,3-29H,2H2. The predicted molar refractivity (Wildman–Crippen MR) is 167 cm³/mol. The molecule has 0 saturated carbocycles. The van der Waals surface area contributed by atoms with Crippen LogP contribution in [0.1, 0.15) is 12.0 Å². The molecule has 6 rings (SSSR count). The third-order valence-electron chi connectivity index (χ3n) is 6.85. The van der Waals surface area contributed by atoms with E-state index in [2.05, 4.69) is 180 Å². The maximum atomic E-state index is 2.31. The highest BCUT2D eigenvalue weighted by Crippen LogP contribution is 2.39. The van der Waals surface area contributed by atoms with Crippen molar-refractivity contribution in [3.63, 3.8) is 0 Å². The number of benzene rings is 5. The molecule has 188 valence electrons. The zero-order chi connectivity index (χ0) is 26.3. The van der Waals surface area contributed by atoms with Crippen molar-refractivity contribution in [3.05, 3.63) is 175 Å². The van der Waals surface area contributed by atoms with Gasteiger partial charge in [0.15, 0.2) is 0 Å². The van der Waals surface area contributed by atoms with E-state index in [1.54, 1.807) is 0 Å². The van der Waals surface area contributed by atoms with E-state index in [0.29, 0.717) is 0 Å². The smallest absolute Gasteiger partial charge is 0.0463 e. The predicted octanol–water partition coefficient (Wildman–Crippen LogP) is 10.5. The third-order valence-corrected chi connectivity index (χ3v) is 6.85. The average Bonchev–Trinajstić information content (AvgIpc) is 3.30. The van der Waals surface area contributed by atoms with Gasteiger partial charge in [0.25, 0.3) is 0 Å². The lowest BCUT2D eigenvalue weighted by Crippen LogP contribution is -2.12. The van der Waals surface area contributed by atoms with E-state index in [1.165, 1.54) is 11.1 Å². The van der Waals surface area contributed by atoms with Crippen LogP contribution in [0.4, 0.5) is 34.1 Å². The zero-order valence-corrected chi connectivity index (χ0v) is 21.8. The first-order valence-electron chi connectivity index (χ1n) is 13.4. The van der Waals surface area contributed by atoms with Crippen LogP contribution in [0.25, 0.3) is 5.57 Å². The molecule has 5 aromatic rings. The van der Waals surface area contributed by atoms with Crippen molar-refractivity contribution in [2.24, 2.45) is 0 Å². The van der Waals surface area contributed by atoms with Crippen LogP contribution in [0.15, 0.2) is 170 Å². The van der Waals surface area contributed by atoms with Gasteiger partial charge in [0.1, 0.15) is 0 Å². The minimum atomic E-state index is 0.974. The fraction of sp³-hybridized carbons (Fsp3) is 0.0270. The Morgan fingerprint density at radius 3 is 1.21 bits per heavy atom. The quantitative estimate of drug-likeness (QED) is 0.218.